The first-order valence-electron chi connectivity index (χ1n) is 13.5. The molecule has 0 heterocycles. The van der Waals surface area contributed by atoms with Gasteiger partial charge in [0.2, 0.25) is 11.6 Å². The largest absolute Gasteiger partial charge is 0.490 e. The topological polar surface area (TPSA) is 35.5 Å². The maximum Gasteiger partial charge on any atom is 0.343 e. The Bertz CT molecular complexity index is 865. The molecule has 35 heavy (non-hydrogen) atoms. The molecule has 0 aliphatic heterocycles. The lowest BCUT2D eigenvalue weighted by Crippen LogP contribution is -2.10. The Morgan fingerprint density at radius 2 is 1.17 bits per heavy atom. The fraction of sp³-hybridized carbons (Fsp3) is 0.567. The highest BCUT2D eigenvalue weighted by molar-refractivity contribution is 5.91. The molecule has 2 aromatic carbocycles. The summed E-state index contributed by atoms with van der Waals surface area (Å²) >= 11 is 0. The first kappa shape index (κ1) is 28.8. The van der Waals surface area contributed by atoms with Crippen LogP contribution in [-0.4, -0.2) is 12.6 Å². The third kappa shape index (κ3) is 10.8. The lowest BCUT2D eigenvalue weighted by Gasteiger charge is -2.11. The summed E-state index contributed by atoms with van der Waals surface area (Å²) in [6.45, 7) is 4.71. The Labute approximate surface area is 210 Å². The standard InChI is InChI=1S/C30H42F2O3/c1-3-5-7-9-11-12-14-16-24-17-19-25(20-18-24)30(33)35-27-22-21-26(28(31)29(27)32)34-23-15-13-10-8-6-4-2/h17-22H,3-16,23H2,1-2H3. The van der Waals surface area contributed by atoms with Gasteiger partial charge in [-0.3, -0.25) is 0 Å². The quantitative estimate of drug-likeness (QED) is 0.119. The number of aryl methyl sites for hydroxylation is 1. The zero-order valence-electron chi connectivity index (χ0n) is 21.6. The van der Waals surface area contributed by atoms with Gasteiger partial charge in [-0.1, -0.05) is 96.6 Å². The molecule has 0 unspecified atom stereocenters. The van der Waals surface area contributed by atoms with Gasteiger partial charge in [0.1, 0.15) is 0 Å². The summed E-state index contributed by atoms with van der Waals surface area (Å²) in [7, 11) is 0. The molecule has 2 rings (SSSR count). The van der Waals surface area contributed by atoms with Crippen LogP contribution in [0.15, 0.2) is 36.4 Å². The Balaban J connectivity index is 1.78. The third-order valence-electron chi connectivity index (χ3n) is 6.23. The molecule has 0 spiro atoms. The highest BCUT2D eigenvalue weighted by atomic mass is 19.2. The van der Waals surface area contributed by atoms with E-state index in [1.165, 1.54) is 69.9 Å². The van der Waals surface area contributed by atoms with E-state index in [1.54, 1.807) is 12.1 Å². The summed E-state index contributed by atoms with van der Waals surface area (Å²) in [5.74, 6) is -3.66. The molecule has 0 bridgehead atoms. The van der Waals surface area contributed by atoms with Crippen LogP contribution >= 0.6 is 0 Å². The van der Waals surface area contributed by atoms with Gasteiger partial charge in [0.05, 0.1) is 12.2 Å². The van der Waals surface area contributed by atoms with Crippen LogP contribution in [0, 0.1) is 11.6 Å². The van der Waals surface area contributed by atoms with Crippen LogP contribution in [0.5, 0.6) is 11.5 Å². The molecule has 0 saturated heterocycles. The highest BCUT2D eigenvalue weighted by Crippen LogP contribution is 2.28. The molecule has 0 fully saturated rings. The highest BCUT2D eigenvalue weighted by Gasteiger charge is 2.19. The van der Waals surface area contributed by atoms with Crippen molar-refractivity contribution in [1.82, 2.24) is 0 Å². The Morgan fingerprint density at radius 1 is 0.657 bits per heavy atom. The third-order valence-corrected chi connectivity index (χ3v) is 6.23. The van der Waals surface area contributed by atoms with Crippen molar-refractivity contribution < 1.29 is 23.0 Å². The summed E-state index contributed by atoms with van der Waals surface area (Å²) in [6.07, 6.45) is 16.2. The first-order chi connectivity index (χ1) is 17.1. The lowest BCUT2D eigenvalue weighted by atomic mass is 10.0. The molecule has 0 atom stereocenters. The van der Waals surface area contributed by atoms with Gasteiger partial charge in [-0.2, -0.15) is 8.78 Å². The minimum Gasteiger partial charge on any atom is -0.490 e. The van der Waals surface area contributed by atoms with Crippen LogP contribution in [0.3, 0.4) is 0 Å². The number of esters is 1. The molecule has 0 amide bonds. The number of unbranched alkanes of at least 4 members (excludes halogenated alkanes) is 11. The van der Waals surface area contributed by atoms with Gasteiger partial charge in [0.25, 0.3) is 0 Å². The zero-order chi connectivity index (χ0) is 25.3. The van der Waals surface area contributed by atoms with Gasteiger partial charge in [0, 0.05) is 0 Å². The Morgan fingerprint density at radius 3 is 1.80 bits per heavy atom. The molecule has 194 valence electrons. The predicted molar refractivity (Wildman–Crippen MR) is 138 cm³/mol. The SMILES string of the molecule is CCCCCCCCCc1ccc(C(=O)Oc2ccc(OCCCCCCCC)c(F)c2F)cc1. The number of carbonyl (C=O) groups excluding carboxylic acids is 1. The van der Waals surface area contributed by atoms with Crippen molar-refractivity contribution in [3.63, 3.8) is 0 Å². The van der Waals surface area contributed by atoms with Crippen molar-refractivity contribution in [2.24, 2.45) is 0 Å². The van der Waals surface area contributed by atoms with Crippen LogP contribution in [0.4, 0.5) is 8.78 Å². The number of benzene rings is 2. The molecular weight excluding hydrogens is 446 g/mol. The van der Waals surface area contributed by atoms with Crippen LogP contribution in [0.1, 0.15) is 113 Å². The second-order valence-corrected chi connectivity index (χ2v) is 9.26. The molecule has 0 aliphatic carbocycles. The van der Waals surface area contributed by atoms with Crippen molar-refractivity contribution in [3.05, 3.63) is 59.2 Å². The monoisotopic (exact) mass is 488 g/mol. The normalized spacial score (nSPS) is 11.0. The van der Waals surface area contributed by atoms with E-state index in [0.717, 1.165) is 37.7 Å². The van der Waals surface area contributed by atoms with Crippen molar-refractivity contribution in [3.8, 4) is 11.5 Å². The van der Waals surface area contributed by atoms with E-state index in [4.69, 9.17) is 9.47 Å². The molecule has 2 aromatic rings. The smallest absolute Gasteiger partial charge is 0.343 e. The van der Waals surface area contributed by atoms with Gasteiger partial charge < -0.3 is 9.47 Å². The maximum absolute atomic E-state index is 14.5. The van der Waals surface area contributed by atoms with Crippen molar-refractivity contribution in [2.75, 3.05) is 6.61 Å². The number of ether oxygens (including phenoxy) is 2. The first-order valence-corrected chi connectivity index (χ1v) is 13.5. The number of hydrogen-bond acceptors (Lipinski definition) is 3. The van der Waals surface area contributed by atoms with Crippen molar-refractivity contribution in [1.29, 1.82) is 0 Å². The summed E-state index contributed by atoms with van der Waals surface area (Å²) in [4.78, 5) is 12.4. The summed E-state index contributed by atoms with van der Waals surface area (Å²) < 4.78 is 39.4. The summed E-state index contributed by atoms with van der Waals surface area (Å²) in [5, 5.41) is 0. The van der Waals surface area contributed by atoms with Crippen molar-refractivity contribution >= 4 is 5.97 Å². The molecule has 3 nitrogen and oxygen atoms in total. The second kappa shape index (κ2) is 17.1. The molecular formula is C30H42F2O3. The number of hydrogen-bond donors (Lipinski definition) is 0. The number of rotatable bonds is 18. The van der Waals surface area contributed by atoms with Gasteiger partial charge in [-0.25, -0.2) is 4.79 Å². The van der Waals surface area contributed by atoms with Gasteiger partial charge in [-0.05, 0) is 49.1 Å². The zero-order valence-corrected chi connectivity index (χ0v) is 21.6. The fourth-order valence-electron chi connectivity index (χ4n) is 4.02. The molecule has 5 heteroatoms. The van der Waals surface area contributed by atoms with E-state index >= 15 is 0 Å². The van der Waals surface area contributed by atoms with E-state index in [0.29, 0.717) is 12.2 Å². The minimum atomic E-state index is -1.21. The van der Waals surface area contributed by atoms with E-state index in [2.05, 4.69) is 13.8 Å². The summed E-state index contributed by atoms with van der Waals surface area (Å²) in [6, 6.07) is 9.68. The summed E-state index contributed by atoms with van der Waals surface area (Å²) in [5.41, 5.74) is 1.45. The number of halogens is 2. The van der Waals surface area contributed by atoms with E-state index in [1.807, 2.05) is 12.1 Å². The number of carbonyl (C=O) groups is 1. The maximum atomic E-state index is 14.5. The van der Waals surface area contributed by atoms with Crippen LogP contribution < -0.4 is 9.47 Å². The Hall–Kier alpha value is -2.43. The van der Waals surface area contributed by atoms with Crippen molar-refractivity contribution in [2.45, 2.75) is 104 Å². The van der Waals surface area contributed by atoms with E-state index < -0.39 is 23.4 Å². The van der Waals surface area contributed by atoms with Crippen LogP contribution in [-0.2, 0) is 6.42 Å². The molecule has 0 saturated carbocycles. The van der Waals surface area contributed by atoms with Gasteiger partial charge >= 0.3 is 5.97 Å². The fourth-order valence-corrected chi connectivity index (χ4v) is 4.02. The van der Waals surface area contributed by atoms with E-state index in [-0.39, 0.29) is 5.75 Å². The molecule has 0 radical (unpaired) electrons. The average molecular weight is 489 g/mol. The average Bonchev–Trinajstić information content (AvgIpc) is 2.87. The second-order valence-electron chi connectivity index (χ2n) is 9.26. The lowest BCUT2D eigenvalue weighted by molar-refractivity contribution is 0.0726. The molecule has 0 aliphatic rings. The predicted octanol–water partition coefficient (Wildman–Crippen LogP) is 9.22. The molecule has 0 N–H and O–H groups in total. The molecule has 0 aromatic heterocycles. The van der Waals surface area contributed by atoms with Crippen LogP contribution in [0.2, 0.25) is 0 Å². The van der Waals surface area contributed by atoms with E-state index in [9.17, 15) is 13.6 Å². The Kier molecular flexibility index (Phi) is 14.1. The van der Waals surface area contributed by atoms with Gasteiger partial charge in [0.15, 0.2) is 11.5 Å². The minimum absolute atomic E-state index is 0.162. The van der Waals surface area contributed by atoms with Gasteiger partial charge in [-0.15, -0.1) is 0 Å². The van der Waals surface area contributed by atoms with Crippen LogP contribution in [0.25, 0.3) is 0 Å².